The number of halogens is 1. The minimum Gasteiger partial charge on any atom is -0.495 e. The van der Waals surface area contributed by atoms with E-state index in [4.69, 9.17) is 14.2 Å². The second-order valence-electron chi connectivity index (χ2n) is 3.61. The predicted molar refractivity (Wildman–Crippen MR) is 73.5 cm³/mol. The number of methoxy groups -OCH3 is 1. The molecular formula is C13H17BrO5. The van der Waals surface area contributed by atoms with Crippen LogP contribution in [0.15, 0.2) is 16.6 Å². The number of carbonyl (C=O) groups excluding carboxylic acids is 1. The maximum atomic E-state index is 11.6. The molecule has 0 radical (unpaired) electrons. The molecule has 1 unspecified atom stereocenters. The van der Waals surface area contributed by atoms with Gasteiger partial charge in [0.25, 0.3) is 0 Å². The normalized spacial score (nSPS) is 11.8. The first-order valence-electron chi connectivity index (χ1n) is 5.90. The average molecular weight is 333 g/mol. The molecule has 6 heteroatoms. The number of esters is 1. The quantitative estimate of drug-likeness (QED) is 0.810. The minimum absolute atomic E-state index is 0.206. The highest BCUT2D eigenvalue weighted by atomic mass is 79.9. The van der Waals surface area contributed by atoms with Crippen LogP contribution in [0.3, 0.4) is 0 Å². The fraction of sp³-hybridized carbons (Fsp3) is 0.462. The molecule has 5 nitrogen and oxygen atoms in total. The first kappa shape index (κ1) is 15.8. The monoisotopic (exact) mass is 332 g/mol. The van der Waals surface area contributed by atoms with Gasteiger partial charge >= 0.3 is 5.97 Å². The van der Waals surface area contributed by atoms with E-state index in [1.807, 2.05) is 6.92 Å². The van der Waals surface area contributed by atoms with Crippen molar-refractivity contribution >= 4 is 21.9 Å². The minimum atomic E-state index is -1.39. The molecule has 0 fully saturated rings. The van der Waals surface area contributed by atoms with Crippen LogP contribution in [-0.2, 0) is 9.53 Å². The van der Waals surface area contributed by atoms with Crippen molar-refractivity contribution in [2.45, 2.75) is 20.0 Å². The van der Waals surface area contributed by atoms with Gasteiger partial charge in [-0.1, -0.05) is 0 Å². The third-order valence-corrected chi connectivity index (χ3v) is 3.01. The molecule has 1 rings (SSSR count). The molecule has 0 bridgehead atoms. The Labute approximate surface area is 120 Å². The number of benzene rings is 1. The second kappa shape index (κ2) is 7.35. The summed E-state index contributed by atoms with van der Waals surface area (Å²) < 4.78 is 16.0. The molecule has 0 spiro atoms. The summed E-state index contributed by atoms with van der Waals surface area (Å²) in [5.74, 6) is 0.242. The van der Waals surface area contributed by atoms with Crippen molar-refractivity contribution in [3.8, 4) is 11.5 Å². The second-order valence-corrected chi connectivity index (χ2v) is 4.47. The highest BCUT2D eigenvalue weighted by molar-refractivity contribution is 9.10. The van der Waals surface area contributed by atoms with Crippen LogP contribution >= 0.6 is 15.9 Å². The first-order chi connectivity index (χ1) is 9.04. The Hall–Kier alpha value is -1.27. The van der Waals surface area contributed by atoms with E-state index in [1.54, 1.807) is 19.1 Å². The standard InChI is InChI=1S/C13H17BrO5/c1-4-18-10-7-11(17-3)9(14)6-8(10)12(15)13(16)19-5-2/h6-7,12,15H,4-5H2,1-3H3. The molecule has 0 saturated heterocycles. The van der Waals surface area contributed by atoms with E-state index in [1.165, 1.54) is 7.11 Å². The summed E-state index contributed by atoms with van der Waals surface area (Å²) in [6.07, 6.45) is -1.39. The van der Waals surface area contributed by atoms with E-state index in [-0.39, 0.29) is 6.61 Å². The number of carbonyl (C=O) groups is 1. The van der Waals surface area contributed by atoms with Crippen LogP contribution in [0.4, 0.5) is 0 Å². The Morgan fingerprint density at radius 3 is 2.53 bits per heavy atom. The van der Waals surface area contributed by atoms with Gasteiger partial charge in [-0.25, -0.2) is 4.79 Å². The molecule has 0 aliphatic heterocycles. The topological polar surface area (TPSA) is 65.0 Å². The lowest BCUT2D eigenvalue weighted by Gasteiger charge is -2.16. The van der Waals surface area contributed by atoms with Gasteiger partial charge in [0.05, 0.1) is 24.8 Å². The summed E-state index contributed by atoms with van der Waals surface area (Å²) in [6, 6.07) is 3.21. The van der Waals surface area contributed by atoms with Gasteiger partial charge in [-0.05, 0) is 35.8 Å². The van der Waals surface area contributed by atoms with E-state index in [0.29, 0.717) is 28.1 Å². The van der Waals surface area contributed by atoms with E-state index in [0.717, 1.165) is 0 Å². The number of hydrogen-bond acceptors (Lipinski definition) is 5. The average Bonchev–Trinajstić information content (AvgIpc) is 2.40. The number of ether oxygens (including phenoxy) is 3. The Kier molecular flexibility index (Phi) is 6.11. The van der Waals surface area contributed by atoms with Gasteiger partial charge in [0.2, 0.25) is 0 Å². The zero-order valence-corrected chi connectivity index (χ0v) is 12.7. The van der Waals surface area contributed by atoms with E-state index in [9.17, 15) is 9.90 Å². The number of aliphatic hydroxyl groups is 1. The molecule has 1 aromatic carbocycles. The van der Waals surface area contributed by atoms with E-state index in [2.05, 4.69) is 15.9 Å². The van der Waals surface area contributed by atoms with Crippen LogP contribution < -0.4 is 9.47 Å². The largest absolute Gasteiger partial charge is 0.495 e. The number of aliphatic hydroxyl groups excluding tert-OH is 1. The zero-order valence-electron chi connectivity index (χ0n) is 11.1. The zero-order chi connectivity index (χ0) is 14.4. The lowest BCUT2D eigenvalue weighted by Crippen LogP contribution is -2.16. The molecule has 0 amide bonds. The Bertz CT molecular complexity index is 447. The highest BCUT2D eigenvalue weighted by Gasteiger charge is 2.24. The van der Waals surface area contributed by atoms with Gasteiger partial charge in [0.15, 0.2) is 6.10 Å². The van der Waals surface area contributed by atoms with Gasteiger partial charge in [-0.3, -0.25) is 0 Å². The molecular weight excluding hydrogens is 316 g/mol. The summed E-state index contributed by atoms with van der Waals surface area (Å²) in [5, 5.41) is 10.00. The molecule has 19 heavy (non-hydrogen) atoms. The van der Waals surface area contributed by atoms with Crippen molar-refractivity contribution in [1.82, 2.24) is 0 Å². The van der Waals surface area contributed by atoms with Crippen molar-refractivity contribution < 1.29 is 24.1 Å². The van der Waals surface area contributed by atoms with E-state index >= 15 is 0 Å². The van der Waals surface area contributed by atoms with Crippen molar-refractivity contribution in [3.05, 3.63) is 22.2 Å². The molecule has 1 N–H and O–H groups in total. The Morgan fingerprint density at radius 1 is 1.32 bits per heavy atom. The van der Waals surface area contributed by atoms with Gasteiger partial charge in [0.1, 0.15) is 11.5 Å². The first-order valence-corrected chi connectivity index (χ1v) is 6.69. The SMILES string of the molecule is CCOC(=O)C(O)c1cc(Br)c(OC)cc1OCC. The van der Waals surface area contributed by atoms with Crippen LogP contribution in [0.25, 0.3) is 0 Å². The predicted octanol–water partition coefficient (Wildman–Crippen LogP) is 2.45. The molecule has 0 aliphatic rings. The molecule has 0 heterocycles. The third-order valence-electron chi connectivity index (χ3n) is 2.39. The van der Waals surface area contributed by atoms with Crippen LogP contribution in [0.5, 0.6) is 11.5 Å². The fourth-order valence-corrected chi connectivity index (χ4v) is 2.07. The molecule has 0 aliphatic carbocycles. The fourth-order valence-electron chi connectivity index (χ4n) is 1.55. The van der Waals surface area contributed by atoms with Gasteiger partial charge in [-0.15, -0.1) is 0 Å². The van der Waals surface area contributed by atoms with Crippen LogP contribution in [-0.4, -0.2) is 31.4 Å². The lowest BCUT2D eigenvalue weighted by atomic mass is 10.1. The Morgan fingerprint density at radius 2 is 2.00 bits per heavy atom. The Balaban J connectivity index is 3.16. The van der Waals surface area contributed by atoms with Crippen LogP contribution in [0.1, 0.15) is 25.5 Å². The third kappa shape index (κ3) is 3.84. The van der Waals surface area contributed by atoms with Crippen molar-refractivity contribution in [2.24, 2.45) is 0 Å². The summed E-state index contributed by atoms with van der Waals surface area (Å²) in [6.45, 7) is 4.11. The molecule has 106 valence electrons. The summed E-state index contributed by atoms with van der Waals surface area (Å²) in [7, 11) is 1.53. The smallest absolute Gasteiger partial charge is 0.339 e. The highest BCUT2D eigenvalue weighted by Crippen LogP contribution is 2.36. The molecule has 1 aromatic rings. The van der Waals surface area contributed by atoms with Crippen molar-refractivity contribution in [2.75, 3.05) is 20.3 Å². The lowest BCUT2D eigenvalue weighted by molar-refractivity contribution is -0.153. The van der Waals surface area contributed by atoms with Crippen molar-refractivity contribution in [1.29, 1.82) is 0 Å². The molecule has 0 saturated carbocycles. The maximum Gasteiger partial charge on any atom is 0.339 e. The molecule has 0 aromatic heterocycles. The maximum absolute atomic E-state index is 11.6. The van der Waals surface area contributed by atoms with Gasteiger partial charge in [0, 0.05) is 11.6 Å². The van der Waals surface area contributed by atoms with Crippen molar-refractivity contribution in [3.63, 3.8) is 0 Å². The van der Waals surface area contributed by atoms with Gasteiger partial charge < -0.3 is 19.3 Å². The van der Waals surface area contributed by atoms with Gasteiger partial charge in [-0.2, -0.15) is 0 Å². The molecule has 1 atom stereocenters. The summed E-state index contributed by atoms with van der Waals surface area (Å²) in [4.78, 5) is 11.6. The van der Waals surface area contributed by atoms with Crippen LogP contribution in [0, 0.1) is 0 Å². The number of hydrogen-bond donors (Lipinski definition) is 1. The number of rotatable bonds is 6. The summed E-state index contributed by atoms with van der Waals surface area (Å²) in [5.41, 5.74) is 0.341. The summed E-state index contributed by atoms with van der Waals surface area (Å²) >= 11 is 3.31. The van der Waals surface area contributed by atoms with E-state index < -0.39 is 12.1 Å². The van der Waals surface area contributed by atoms with Crippen LogP contribution in [0.2, 0.25) is 0 Å².